The van der Waals surface area contributed by atoms with Gasteiger partial charge in [-0.05, 0) is 11.8 Å². The van der Waals surface area contributed by atoms with E-state index in [1.807, 2.05) is 13.8 Å². The molecule has 4 heteroatoms. The van der Waals surface area contributed by atoms with E-state index in [1.54, 1.807) is 6.92 Å². The molecular formula is C8H18O3S. The van der Waals surface area contributed by atoms with Gasteiger partial charge in [0.1, 0.15) is 9.84 Å². The molecule has 12 heavy (non-hydrogen) atoms. The Morgan fingerprint density at radius 2 is 1.83 bits per heavy atom. The Morgan fingerprint density at radius 1 is 1.33 bits per heavy atom. The summed E-state index contributed by atoms with van der Waals surface area (Å²) in [5.74, 6) is 0.367. The molecular weight excluding hydrogens is 176 g/mol. The van der Waals surface area contributed by atoms with Gasteiger partial charge in [0.25, 0.3) is 0 Å². The summed E-state index contributed by atoms with van der Waals surface area (Å²) in [6.07, 6.45) is 0.527. The molecule has 0 fully saturated rings. The van der Waals surface area contributed by atoms with E-state index in [4.69, 9.17) is 5.11 Å². The van der Waals surface area contributed by atoms with Crippen LogP contribution in [0.15, 0.2) is 0 Å². The first-order valence-corrected chi connectivity index (χ1v) is 5.96. The molecule has 0 aliphatic rings. The van der Waals surface area contributed by atoms with E-state index in [0.29, 0.717) is 6.42 Å². The summed E-state index contributed by atoms with van der Waals surface area (Å²) in [5.41, 5.74) is -0.276. The topological polar surface area (TPSA) is 54.4 Å². The van der Waals surface area contributed by atoms with Crippen molar-refractivity contribution in [1.82, 2.24) is 0 Å². The Bertz CT molecular complexity index is 216. The van der Waals surface area contributed by atoms with Crippen molar-refractivity contribution in [1.29, 1.82) is 0 Å². The van der Waals surface area contributed by atoms with Gasteiger partial charge in [-0.25, -0.2) is 8.42 Å². The number of rotatable bonds is 5. The Labute approximate surface area is 74.7 Å². The molecule has 0 saturated carbocycles. The van der Waals surface area contributed by atoms with Gasteiger partial charge in [0.05, 0.1) is 5.75 Å². The third-order valence-electron chi connectivity index (χ3n) is 1.96. The molecule has 0 amide bonds. The van der Waals surface area contributed by atoms with Crippen molar-refractivity contribution in [3.8, 4) is 0 Å². The number of aliphatic hydroxyl groups is 1. The lowest BCUT2D eigenvalue weighted by Crippen LogP contribution is -2.22. The SMILES string of the molecule is CCS(=O)(=O)CCC(C)(C)CO. The predicted molar refractivity (Wildman–Crippen MR) is 49.8 cm³/mol. The standard InChI is InChI=1S/C8H18O3S/c1-4-12(10,11)6-5-8(2,3)7-9/h9H,4-7H2,1-3H3. The lowest BCUT2D eigenvalue weighted by atomic mass is 9.92. The van der Waals surface area contributed by atoms with Gasteiger partial charge in [0.15, 0.2) is 0 Å². The summed E-state index contributed by atoms with van der Waals surface area (Å²) in [6.45, 7) is 5.39. The molecule has 0 saturated heterocycles. The zero-order valence-corrected chi connectivity index (χ0v) is 8.82. The molecule has 3 nitrogen and oxygen atoms in total. The van der Waals surface area contributed by atoms with Crippen LogP contribution in [-0.2, 0) is 9.84 Å². The molecule has 0 aromatic rings. The number of aliphatic hydroxyl groups excluding tert-OH is 1. The zero-order valence-electron chi connectivity index (χ0n) is 8.00. The van der Waals surface area contributed by atoms with E-state index in [1.165, 1.54) is 0 Å². The lowest BCUT2D eigenvalue weighted by molar-refractivity contribution is 0.156. The summed E-state index contributed by atoms with van der Waals surface area (Å²) in [4.78, 5) is 0. The van der Waals surface area contributed by atoms with Crippen LogP contribution < -0.4 is 0 Å². The fourth-order valence-electron chi connectivity index (χ4n) is 0.655. The maximum atomic E-state index is 11.1. The number of hydrogen-bond donors (Lipinski definition) is 1. The second-order valence-electron chi connectivity index (χ2n) is 3.81. The van der Waals surface area contributed by atoms with Crippen LogP contribution in [0.4, 0.5) is 0 Å². The van der Waals surface area contributed by atoms with Crippen LogP contribution in [-0.4, -0.2) is 31.6 Å². The summed E-state index contributed by atoms with van der Waals surface area (Å²) in [5, 5.41) is 8.87. The smallest absolute Gasteiger partial charge is 0.150 e. The third-order valence-corrected chi connectivity index (χ3v) is 3.66. The summed E-state index contributed by atoms with van der Waals surface area (Å²) < 4.78 is 22.2. The molecule has 0 atom stereocenters. The first-order valence-electron chi connectivity index (χ1n) is 4.14. The van der Waals surface area contributed by atoms with E-state index >= 15 is 0 Å². The van der Waals surface area contributed by atoms with Crippen molar-refractivity contribution >= 4 is 9.84 Å². The van der Waals surface area contributed by atoms with Gasteiger partial charge >= 0.3 is 0 Å². The van der Waals surface area contributed by atoms with Crippen LogP contribution in [0.2, 0.25) is 0 Å². The fraction of sp³-hybridized carbons (Fsp3) is 1.00. The first-order chi connectivity index (χ1) is 5.33. The molecule has 0 heterocycles. The summed E-state index contributed by atoms with van der Waals surface area (Å²) >= 11 is 0. The van der Waals surface area contributed by atoms with Gasteiger partial charge in [-0.3, -0.25) is 0 Å². The third kappa shape index (κ3) is 4.72. The van der Waals surface area contributed by atoms with E-state index in [-0.39, 0.29) is 23.5 Å². The number of sulfone groups is 1. The normalized spacial score (nSPS) is 13.3. The highest BCUT2D eigenvalue weighted by Crippen LogP contribution is 2.19. The average molecular weight is 194 g/mol. The Morgan fingerprint density at radius 3 is 2.17 bits per heavy atom. The van der Waals surface area contributed by atoms with Crippen molar-refractivity contribution in [3.05, 3.63) is 0 Å². The van der Waals surface area contributed by atoms with Gasteiger partial charge in [-0.15, -0.1) is 0 Å². The molecule has 74 valence electrons. The van der Waals surface area contributed by atoms with Gasteiger partial charge in [-0.1, -0.05) is 20.8 Å². The minimum Gasteiger partial charge on any atom is -0.396 e. The summed E-state index contributed by atoms with van der Waals surface area (Å²) in [7, 11) is -2.87. The zero-order chi connectivity index (χ0) is 9.83. The van der Waals surface area contributed by atoms with Crippen LogP contribution in [0.1, 0.15) is 27.2 Å². The lowest BCUT2D eigenvalue weighted by Gasteiger charge is -2.20. The van der Waals surface area contributed by atoms with Crippen molar-refractivity contribution in [3.63, 3.8) is 0 Å². The van der Waals surface area contributed by atoms with Gasteiger partial charge in [0, 0.05) is 12.4 Å². The molecule has 1 N–H and O–H groups in total. The maximum Gasteiger partial charge on any atom is 0.150 e. The molecule has 0 aromatic carbocycles. The largest absolute Gasteiger partial charge is 0.396 e. The average Bonchev–Trinajstić information content (AvgIpc) is 2.02. The van der Waals surface area contributed by atoms with Crippen LogP contribution in [0, 0.1) is 5.41 Å². The monoisotopic (exact) mass is 194 g/mol. The second-order valence-corrected chi connectivity index (χ2v) is 6.28. The van der Waals surface area contributed by atoms with Crippen LogP contribution in [0.25, 0.3) is 0 Å². The second kappa shape index (κ2) is 4.23. The van der Waals surface area contributed by atoms with E-state index in [0.717, 1.165) is 0 Å². The minimum absolute atomic E-state index is 0.0340. The Balaban J connectivity index is 4.00. The summed E-state index contributed by atoms with van der Waals surface area (Å²) in [6, 6.07) is 0. The van der Waals surface area contributed by atoms with E-state index in [2.05, 4.69) is 0 Å². The Kier molecular flexibility index (Phi) is 4.20. The van der Waals surface area contributed by atoms with E-state index in [9.17, 15) is 8.42 Å². The fourth-order valence-corrected chi connectivity index (χ4v) is 1.81. The van der Waals surface area contributed by atoms with E-state index < -0.39 is 9.84 Å². The van der Waals surface area contributed by atoms with Crippen LogP contribution >= 0.6 is 0 Å². The maximum absolute atomic E-state index is 11.1. The van der Waals surface area contributed by atoms with Gasteiger partial charge < -0.3 is 5.11 Å². The minimum atomic E-state index is -2.87. The molecule has 0 aromatic heterocycles. The van der Waals surface area contributed by atoms with Crippen molar-refractivity contribution in [2.24, 2.45) is 5.41 Å². The molecule has 0 aliphatic carbocycles. The van der Waals surface area contributed by atoms with Gasteiger partial charge in [-0.2, -0.15) is 0 Å². The highest BCUT2D eigenvalue weighted by Gasteiger charge is 2.19. The first kappa shape index (κ1) is 11.9. The highest BCUT2D eigenvalue weighted by atomic mass is 32.2. The molecule has 0 bridgehead atoms. The predicted octanol–water partition coefficient (Wildman–Crippen LogP) is 0.830. The van der Waals surface area contributed by atoms with Crippen molar-refractivity contribution in [2.45, 2.75) is 27.2 Å². The molecule has 0 radical (unpaired) electrons. The quantitative estimate of drug-likeness (QED) is 0.705. The van der Waals surface area contributed by atoms with Crippen LogP contribution in [0.3, 0.4) is 0 Å². The molecule has 0 rings (SSSR count). The molecule has 0 unspecified atom stereocenters. The number of hydrogen-bond acceptors (Lipinski definition) is 3. The van der Waals surface area contributed by atoms with Crippen LogP contribution in [0.5, 0.6) is 0 Å². The molecule has 0 spiro atoms. The van der Waals surface area contributed by atoms with Gasteiger partial charge in [0.2, 0.25) is 0 Å². The molecule has 0 aliphatic heterocycles. The Hall–Kier alpha value is -0.0900. The highest BCUT2D eigenvalue weighted by molar-refractivity contribution is 7.91. The van der Waals surface area contributed by atoms with Crippen molar-refractivity contribution < 1.29 is 13.5 Å². The van der Waals surface area contributed by atoms with Crippen molar-refractivity contribution in [2.75, 3.05) is 18.1 Å².